The van der Waals surface area contributed by atoms with E-state index in [0.29, 0.717) is 12.8 Å². The Balaban J connectivity index is 0.000000155. The van der Waals surface area contributed by atoms with Crippen LogP contribution in [0, 0.1) is 0 Å². The molecule has 38 heavy (non-hydrogen) atoms. The lowest BCUT2D eigenvalue weighted by Crippen LogP contribution is -2.05. The topological polar surface area (TPSA) is 79.3 Å². The van der Waals surface area contributed by atoms with Crippen LogP contribution in [0.4, 0.5) is 5.69 Å². The van der Waals surface area contributed by atoms with Crippen molar-refractivity contribution in [3.63, 3.8) is 0 Å². The average Bonchev–Trinajstić information content (AvgIpc) is 3.51. The van der Waals surface area contributed by atoms with Crippen LogP contribution in [0.3, 0.4) is 0 Å². The van der Waals surface area contributed by atoms with Gasteiger partial charge in [-0.3, -0.25) is 4.55 Å². The summed E-state index contributed by atoms with van der Waals surface area (Å²) in [4.78, 5) is 5.90. The van der Waals surface area contributed by atoms with Gasteiger partial charge in [-0.05, 0) is 65.4 Å². The summed E-state index contributed by atoms with van der Waals surface area (Å²) >= 11 is 3.48. The molecule has 5 nitrogen and oxygen atoms in total. The van der Waals surface area contributed by atoms with E-state index in [4.69, 9.17) is 4.55 Å². The molecule has 4 aromatic carbocycles. The van der Waals surface area contributed by atoms with E-state index in [1.807, 2.05) is 24.3 Å². The van der Waals surface area contributed by atoms with Gasteiger partial charge in [-0.2, -0.15) is 8.42 Å². The highest BCUT2D eigenvalue weighted by molar-refractivity contribution is 8.03. The van der Waals surface area contributed by atoms with Gasteiger partial charge < -0.3 is 5.32 Å². The number of aromatic nitrogens is 1. The molecule has 0 bridgehead atoms. The van der Waals surface area contributed by atoms with Gasteiger partial charge in [0.25, 0.3) is 10.1 Å². The Bertz CT molecular complexity index is 1670. The Kier molecular flexibility index (Phi) is 8.14. The largest absolute Gasteiger partial charge is 0.349 e. The van der Waals surface area contributed by atoms with Crippen LogP contribution in [0.15, 0.2) is 94.9 Å². The van der Waals surface area contributed by atoms with E-state index in [0.717, 1.165) is 32.9 Å². The van der Waals surface area contributed by atoms with E-state index < -0.39 is 10.1 Å². The Morgan fingerprint density at radius 3 is 2.53 bits per heavy atom. The van der Waals surface area contributed by atoms with Crippen molar-refractivity contribution in [2.45, 2.75) is 31.1 Å². The van der Waals surface area contributed by atoms with Crippen molar-refractivity contribution in [3.05, 3.63) is 106 Å². The van der Waals surface area contributed by atoms with Gasteiger partial charge in [0.2, 0.25) is 0 Å². The Morgan fingerprint density at radius 1 is 0.974 bits per heavy atom. The summed E-state index contributed by atoms with van der Waals surface area (Å²) in [6.07, 6.45) is 4.18. The molecule has 5 aromatic rings. The zero-order valence-corrected chi connectivity index (χ0v) is 23.4. The molecule has 1 aliphatic heterocycles. The molecule has 0 atom stereocenters. The molecule has 2 N–H and O–H groups in total. The summed E-state index contributed by atoms with van der Waals surface area (Å²) < 4.78 is 31.5. The number of rotatable bonds is 6. The van der Waals surface area contributed by atoms with Crippen molar-refractivity contribution in [3.8, 4) is 0 Å². The first-order valence-corrected chi connectivity index (χ1v) is 15.7. The van der Waals surface area contributed by atoms with E-state index in [-0.39, 0.29) is 5.75 Å². The van der Waals surface area contributed by atoms with Crippen LogP contribution in [0.25, 0.3) is 27.1 Å². The van der Waals surface area contributed by atoms with E-state index in [1.165, 1.54) is 26.2 Å². The Labute approximate surface area is 231 Å². The molecule has 8 heteroatoms. The third-order valence-corrected chi connectivity index (χ3v) is 9.00. The standard InChI is InChI=1S/C15H10N2S2.C15H18O3S/c1-3-7-12-10(5-1)16-14(18-12)9-15-17-11-6-2-4-8-13(11)19-15;1-2-12-10-13-6-3-4-8-15(13)14(11-12)7-5-9-19(16,17)18/h1-9,16H;3-4,6,8,10-11H,2,5,7,9H2,1H3,(H,16,17,18). The van der Waals surface area contributed by atoms with E-state index in [9.17, 15) is 8.42 Å². The number of nitrogens with one attached hydrogen (secondary N) is 1. The van der Waals surface area contributed by atoms with Crippen LogP contribution in [0.1, 0.15) is 29.5 Å². The van der Waals surface area contributed by atoms with E-state index >= 15 is 0 Å². The second-order valence-corrected chi connectivity index (χ2v) is 12.7. The number of nitrogens with zero attached hydrogens (tertiary/aromatic N) is 1. The summed E-state index contributed by atoms with van der Waals surface area (Å²) in [6.45, 7) is 2.10. The minimum absolute atomic E-state index is 0.183. The van der Waals surface area contributed by atoms with Gasteiger partial charge in [0.1, 0.15) is 5.01 Å². The molecule has 0 saturated heterocycles. The molecule has 0 radical (unpaired) electrons. The van der Waals surface area contributed by atoms with Gasteiger partial charge in [-0.25, -0.2) is 4.98 Å². The fourth-order valence-corrected chi connectivity index (χ4v) is 6.82. The third-order valence-electron chi connectivity index (χ3n) is 6.19. The zero-order chi connectivity index (χ0) is 26.5. The first kappa shape index (κ1) is 26.4. The average molecular weight is 561 g/mol. The Hall–Kier alpha value is -3.17. The lowest BCUT2D eigenvalue weighted by atomic mass is 9.97. The SMILES string of the molecule is C(=C1Nc2ccccc2S1)c1nc2ccccc2s1.CCc1cc(CCCS(=O)(=O)O)c2ccccc2c1. The van der Waals surface area contributed by atoms with Crippen LogP contribution in [0.5, 0.6) is 0 Å². The second kappa shape index (κ2) is 11.7. The third kappa shape index (κ3) is 6.63. The van der Waals surface area contributed by atoms with Crippen molar-refractivity contribution in [2.75, 3.05) is 11.1 Å². The van der Waals surface area contributed by atoms with Crippen molar-refractivity contribution in [1.82, 2.24) is 4.98 Å². The molecule has 0 saturated carbocycles. The monoisotopic (exact) mass is 560 g/mol. The number of hydrogen-bond donors (Lipinski definition) is 2. The molecule has 0 aliphatic carbocycles. The number of fused-ring (bicyclic) bond motifs is 3. The van der Waals surface area contributed by atoms with Crippen LogP contribution in [-0.4, -0.2) is 23.7 Å². The fourth-order valence-electron chi connectivity index (χ4n) is 4.38. The molecule has 0 spiro atoms. The number of para-hydroxylation sites is 2. The van der Waals surface area contributed by atoms with Gasteiger partial charge in [-0.15, -0.1) is 11.3 Å². The fraction of sp³-hybridized carbons (Fsp3) is 0.167. The summed E-state index contributed by atoms with van der Waals surface area (Å²) in [7, 11) is -3.86. The van der Waals surface area contributed by atoms with Crippen molar-refractivity contribution < 1.29 is 13.0 Å². The molecule has 1 aromatic heterocycles. The van der Waals surface area contributed by atoms with Gasteiger partial charge >= 0.3 is 0 Å². The highest BCUT2D eigenvalue weighted by atomic mass is 32.2. The number of thioether (sulfide) groups is 1. The molecule has 1 aliphatic rings. The van der Waals surface area contributed by atoms with E-state index in [1.54, 1.807) is 23.1 Å². The lowest BCUT2D eigenvalue weighted by Gasteiger charge is -2.09. The molecular formula is C30H28N2O3S3. The number of thiazole rings is 1. The maximum absolute atomic E-state index is 10.8. The molecule has 0 unspecified atom stereocenters. The molecule has 6 rings (SSSR count). The first-order valence-electron chi connectivity index (χ1n) is 12.4. The zero-order valence-electron chi connectivity index (χ0n) is 20.9. The molecule has 0 fully saturated rings. The molecule has 2 heterocycles. The van der Waals surface area contributed by atoms with Gasteiger partial charge in [0.05, 0.1) is 26.7 Å². The second-order valence-electron chi connectivity index (χ2n) is 8.97. The van der Waals surface area contributed by atoms with Crippen LogP contribution in [-0.2, 0) is 23.0 Å². The number of hydrogen-bond acceptors (Lipinski definition) is 6. The Morgan fingerprint density at radius 2 is 1.74 bits per heavy atom. The van der Waals surface area contributed by atoms with Gasteiger partial charge in [0, 0.05) is 11.0 Å². The van der Waals surface area contributed by atoms with Gasteiger partial charge in [0.15, 0.2) is 0 Å². The van der Waals surface area contributed by atoms with Crippen molar-refractivity contribution >= 4 is 66.0 Å². The highest BCUT2D eigenvalue weighted by Crippen LogP contribution is 2.41. The predicted molar refractivity (Wildman–Crippen MR) is 162 cm³/mol. The van der Waals surface area contributed by atoms with Crippen molar-refractivity contribution in [2.24, 2.45) is 0 Å². The summed E-state index contributed by atoms with van der Waals surface area (Å²) in [6, 6.07) is 29.0. The lowest BCUT2D eigenvalue weighted by molar-refractivity contribution is 0.481. The number of anilines is 1. The van der Waals surface area contributed by atoms with Crippen molar-refractivity contribution in [1.29, 1.82) is 0 Å². The van der Waals surface area contributed by atoms with Gasteiger partial charge in [-0.1, -0.05) is 79.3 Å². The van der Waals surface area contributed by atoms with Crippen LogP contribution in [0.2, 0.25) is 0 Å². The van der Waals surface area contributed by atoms with Crippen LogP contribution < -0.4 is 5.32 Å². The summed E-state index contributed by atoms with van der Waals surface area (Å²) in [5.41, 5.74) is 4.65. The quantitative estimate of drug-likeness (QED) is 0.205. The predicted octanol–water partition coefficient (Wildman–Crippen LogP) is 8.04. The molecular weight excluding hydrogens is 533 g/mol. The summed E-state index contributed by atoms with van der Waals surface area (Å²) in [5, 5.41) is 7.95. The normalized spacial score (nSPS) is 13.8. The molecule has 0 amide bonds. The smallest absolute Gasteiger partial charge is 0.264 e. The minimum atomic E-state index is -3.86. The number of aryl methyl sites for hydroxylation is 2. The maximum Gasteiger partial charge on any atom is 0.264 e. The highest BCUT2D eigenvalue weighted by Gasteiger charge is 2.15. The molecule has 194 valence electrons. The van der Waals surface area contributed by atoms with Crippen LogP contribution >= 0.6 is 23.1 Å². The summed E-state index contributed by atoms with van der Waals surface area (Å²) in [5.74, 6) is -0.183. The number of benzene rings is 4. The van der Waals surface area contributed by atoms with E-state index in [2.05, 4.69) is 84.0 Å². The minimum Gasteiger partial charge on any atom is -0.349 e. The first-order chi connectivity index (χ1) is 18.4. The maximum atomic E-state index is 10.8.